The number of alkyl halides is 3. The molecule has 4 heterocycles. The van der Waals surface area contributed by atoms with Gasteiger partial charge in [-0.1, -0.05) is 190 Å². The number of aromatic nitrogens is 7. The lowest BCUT2D eigenvalue weighted by molar-refractivity contribution is -0.160. The molecule has 4 aromatic heterocycles. The Hall–Kier alpha value is -7.50. The van der Waals surface area contributed by atoms with Crippen LogP contribution in [-0.2, 0) is 61.9 Å². The van der Waals surface area contributed by atoms with E-state index in [9.17, 15) is 37.5 Å². The zero-order chi connectivity index (χ0) is 125. The third-order valence-electron chi connectivity index (χ3n) is 38.3. The van der Waals surface area contributed by atoms with E-state index >= 15 is 0 Å². The molecule has 9 saturated carbocycles. The van der Waals surface area contributed by atoms with E-state index in [1.54, 1.807) is 5.48 Å². The number of rotatable bonds is 6. The molecule has 4 aromatic rings. The number of carbonyl (C=O) groups is 4. The standard InChI is InChI=1S/2C32H42FN3O3.C32H40FN3O3.CH5NO.3CH4.20H2/c1-18-20-7-8-30(5)23(29(20,4)14-19-17-34-39-26(18)19)13-22(37)25-21-15-28(2,3)9-11-32(21,12-10-31(25,30)6)27-35-24(16-33)38-36-27;2*1-18-19-8-9-30(5)23(29(19,4)16-21(34-7)26(18)38)14-22(37)25-20-15-28(2,3)10-12-32(20,13-11-31(25,30)6)27-35-24(17-33)39-36-27;1-2-3;;;;;;;;;;;;;;;;;;;;;;;/h13,17-18,20-21,25H,7-12,14-16H2,1-6H3;14,18-20,25,38H,8-13,15-17H2,1-6H3;14,16,18-20,25H,8-13,15,17H2,1-6H3;2-3H,1H3;3*1H4;20*1H/t18-,20-,21-,25-,29-,30+,31+,32-;2*18-,19-,20-,25-,29-,30+,31+,32-;;;;;;;;;;;;;;;;;;;;;;;;/m000......................../s1/i;;;;;;;19*1+2T;1+2. The van der Waals surface area contributed by atoms with Gasteiger partial charge >= 0.3 is 0 Å². The van der Waals surface area contributed by atoms with Gasteiger partial charge in [0, 0.05) is 128 Å². The Bertz CT molecular complexity index is 5210. The molecule has 24 atom stereocenters. The van der Waals surface area contributed by atoms with Crippen molar-refractivity contribution in [2.75, 3.05) is 7.05 Å². The normalized spacial score (nSPS) is 43.8. The van der Waals surface area contributed by atoms with Crippen molar-refractivity contribution in [2.24, 2.45) is 130 Å². The molecular formula is C100H181F3N10O10. The number of aliphatic hydroxyl groups excluding tert-OH is 1. The summed E-state index contributed by atoms with van der Waals surface area (Å²) in [7, 11) is 1.43. The molecule has 15 aliphatic rings. The van der Waals surface area contributed by atoms with Gasteiger partial charge in [-0.25, -0.2) is 28.3 Å². The minimum atomic E-state index is -0.787. The number of nitrogens with one attached hydrogen (secondary N) is 1. The van der Waals surface area contributed by atoms with Gasteiger partial charge in [0.1, 0.15) is 5.76 Å². The van der Waals surface area contributed by atoms with Crippen molar-refractivity contribution in [1.82, 2.24) is 41.1 Å². The zero-order valence-corrected chi connectivity index (χ0v) is 74.5. The number of hydrogen-bond donors (Lipinski definition) is 3. The second-order valence-electron chi connectivity index (χ2n) is 45.1. The summed E-state index contributed by atoms with van der Waals surface area (Å²) in [4.78, 5) is 77.5. The van der Waals surface area contributed by atoms with Crippen LogP contribution in [-0.4, -0.2) is 76.1 Å². The van der Waals surface area contributed by atoms with E-state index < -0.39 is 30.9 Å². The van der Waals surface area contributed by atoms with E-state index in [1.165, 1.54) is 23.8 Å². The number of hydrogen-bond acceptors (Lipinski definition) is 18. The van der Waals surface area contributed by atoms with Gasteiger partial charge in [-0.3, -0.25) is 14.4 Å². The van der Waals surface area contributed by atoms with Crippen molar-refractivity contribution in [3.8, 4) is 0 Å². The molecule has 712 valence electrons. The van der Waals surface area contributed by atoms with E-state index in [2.05, 4.69) is 162 Å². The fourth-order valence-electron chi connectivity index (χ4n) is 31.3. The van der Waals surface area contributed by atoms with Crippen molar-refractivity contribution in [1.29, 1.82) is 0 Å². The van der Waals surface area contributed by atoms with Gasteiger partial charge in [0.05, 0.1) is 25.1 Å². The number of aliphatic hydroxyl groups is 1. The first-order chi connectivity index (χ1) is 75.3. The number of fused-ring (bicyclic) bond motifs is 22. The van der Waals surface area contributed by atoms with Gasteiger partial charge < -0.3 is 33.2 Å². The lowest BCUT2D eigenvalue weighted by Gasteiger charge is -2.68. The first-order valence-corrected chi connectivity index (χ1v) is 45.0. The van der Waals surface area contributed by atoms with Crippen LogP contribution in [0, 0.1) is 143 Å². The van der Waals surface area contributed by atoms with Gasteiger partial charge in [0.2, 0.25) is 11.4 Å². The van der Waals surface area contributed by atoms with Gasteiger partial charge in [-0.2, -0.15) is 15.0 Å². The average molecular weight is 1820 g/mol. The molecule has 0 amide bonds. The maximum atomic E-state index is 14.6. The molecule has 0 radical (unpaired) electrons. The van der Waals surface area contributed by atoms with Crippen LogP contribution >= 0.6 is 0 Å². The largest absolute Gasteiger partial charge is 0.523 e. The molecule has 3 N–H and O–H groups in total. The number of ketones is 4. The highest BCUT2D eigenvalue weighted by atomic mass is 19.1. The van der Waals surface area contributed by atoms with E-state index in [-0.39, 0.29) is 211 Å². The van der Waals surface area contributed by atoms with Crippen molar-refractivity contribution in [2.45, 2.75) is 337 Å². The van der Waals surface area contributed by atoms with Crippen molar-refractivity contribution < 1.29 is 119 Å². The zero-order valence-electron chi connectivity index (χ0n) is 113. The van der Waals surface area contributed by atoms with Crippen LogP contribution in [0.5, 0.6) is 0 Å². The molecule has 123 heavy (non-hydrogen) atoms. The molecule has 0 aromatic carbocycles. The molecule has 0 aliphatic heterocycles. The number of hydroxylamine groups is 1. The Balaban J connectivity index is -0.000000311. The Kier molecular flexibility index (Phi) is 17.9. The van der Waals surface area contributed by atoms with Crippen molar-refractivity contribution in [3.05, 3.63) is 134 Å². The van der Waals surface area contributed by atoms with Crippen LogP contribution in [0.3, 0.4) is 0 Å². The number of halogens is 3. The fourth-order valence-corrected chi connectivity index (χ4v) is 31.3. The minimum absolute atomic E-state index is 0. The Morgan fingerprint density at radius 3 is 1.20 bits per heavy atom. The van der Waals surface area contributed by atoms with Crippen LogP contribution in [0.1, 0.15) is 398 Å². The van der Waals surface area contributed by atoms with E-state index in [0.717, 1.165) is 153 Å². The van der Waals surface area contributed by atoms with Gasteiger partial charge in [0.25, 0.3) is 17.7 Å². The van der Waals surface area contributed by atoms with Gasteiger partial charge in [-0.15, -0.1) is 0 Å². The summed E-state index contributed by atoms with van der Waals surface area (Å²) in [5.41, 5.74) is 4.19. The van der Waals surface area contributed by atoms with Crippen LogP contribution in [0.25, 0.3) is 9.69 Å². The van der Waals surface area contributed by atoms with E-state index in [4.69, 9.17) is 92.9 Å². The van der Waals surface area contributed by atoms with Gasteiger partial charge in [-0.05, 0) is 261 Å². The molecular weight excluding hydrogens is 1560 g/mol. The molecule has 20 nitrogen and oxygen atoms in total. The Labute approximate surface area is 788 Å². The van der Waals surface area contributed by atoms with Crippen LogP contribution in [0.15, 0.2) is 82.5 Å². The third kappa shape index (κ3) is 13.1. The summed E-state index contributed by atoms with van der Waals surface area (Å²) in [6.45, 7) is 54.2. The number of nitrogens with zero attached hydrogens (tertiary/aromatic N) is 9. The Morgan fingerprint density at radius 2 is 0.829 bits per heavy atom. The van der Waals surface area contributed by atoms with Crippen LogP contribution in [0.4, 0.5) is 13.2 Å². The molecule has 0 bridgehead atoms. The molecule has 0 saturated heterocycles. The summed E-state index contributed by atoms with van der Waals surface area (Å²) in [6.07, 6.45) is 30.7. The summed E-state index contributed by atoms with van der Waals surface area (Å²) in [5.74, 6) is 4.01. The van der Waals surface area contributed by atoms with Crippen molar-refractivity contribution >= 4 is 23.1 Å². The first kappa shape index (κ1) is 70.6. The highest BCUT2D eigenvalue weighted by Crippen LogP contribution is 2.79. The smallest absolute Gasteiger partial charge is 0.258 e. The fraction of sp³-hybridized carbons (Fsp3) is 0.750. The summed E-state index contributed by atoms with van der Waals surface area (Å²) in [5, 5.41) is 35.2. The maximum Gasteiger partial charge on any atom is 0.258 e. The number of allylic oxidation sites excluding steroid dienone is 10. The molecule has 0 spiro atoms. The number of Topliss-reactive ketones (excluding diaryl/α,β-unsaturated/α-hetero) is 1. The lowest BCUT2D eigenvalue weighted by Crippen LogP contribution is -2.65. The molecule has 19 rings (SSSR count). The monoisotopic (exact) mass is 1820 g/mol. The van der Waals surface area contributed by atoms with Crippen LogP contribution < -0.4 is 5.48 Å². The van der Waals surface area contributed by atoms with Crippen molar-refractivity contribution in [3.63, 3.8) is 0 Å². The molecule has 15 aliphatic carbocycles. The Morgan fingerprint density at radius 1 is 0.480 bits per heavy atom. The van der Waals surface area contributed by atoms with Gasteiger partial charge in [0.15, 0.2) is 60.6 Å². The minimum Gasteiger partial charge on any atom is -0.523 e. The first-order valence-electron chi connectivity index (χ1n) is 64.0. The lowest BCUT2D eigenvalue weighted by atomic mass is 9.34. The van der Waals surface area contributed by atoms with E-state index in [0.29, 0.717) is 35.5 Å². The second kappa shape index (κ2) is 31.2. The summed E-state index contributed by atoms with van der Waals surface area (Å²) in [6, 6.07) is 0. The predicted molar refractivity (Wildman–Crippen MR) is 505 cm³/mol. The maximum absolute atomic E-state index is 14.6. The average Bonchev–Trinajstić information content (AvgIpc) is 0.937. The molecule has 23 heteroatoms. The van der Waals surface area contributed by atoms with Crippen LogP contribution in [0.2, 0.25) is 0 Å². The predicted octanol–water partition coefficient (Wildman–Crippen LogP) is 28.4. The second-order valence-corrected chi connectivity index (χ2v) is 45.1. The quantitative estimate of drug-likeness (QED) is 0.120. The summed E-state index contributed by atoms with van der Waals surface area (Å²) < 4.78 is 252. The topological polar surface area (TPSA) is 272 Å². The highest BCUT2D eigenvalue weighted by Gasteiger charge is 2.75. The highest BCUT2D eigenvalue weighted by molar-refractivity contribution is 6.01. The molecule has 0 unspecified atom stereocenters. The third-order valence-corrected chi connectivity index (χ3v) is 38.3. The summed E-state index contributed by atoms with van der Waals surface area (Å²) >= 11 is 0. The van der Waals surface area contributed by atoms with E-state index in [1.807, 2.05) is 38.3 Å². The SMILES string of the molecule is C.C.C.CNO.C[C@@H]1c2oncc2C[C@]2(C)C3=CC(=O)[C@@H]4[C@@H]5CC(C)(C)CC[C@]5(c5noc(CF)n5)CC[C@@]4(C)[C@]3(C)CC[C@@H]12.[3HH].[3H][3H].[3H][3H].[3H][3H].[3H][3H].[3H][3H].[3H][3H].[3H][3H].[3H][3H].[3H][3H].[3H][3H].[3H][3H].[3H][3H].[3H][3H].[3H][3H].[3H][3H].[3H][3H].[3H][3H].[3H][3H].[3H][3H].[C-]#[N+]C1=C(O)[C@@H](C)[C@@H]2CC[C@]3(C)C(=CC(=O)[C@@H]4[C@@H]5CC(C)(C)CC[C@]5(c5noc(CF)n5)CC[C@]43C)[C@@]2(C)C1.[C-]#[N+]C1=C[C@]2(C)C3=CC(=O)[C@@H]4[C@@H]5CC(C)(C)CC[C@]5(c5noc(CF)n5)CC[C@@]4(C)[C@]3(C)CC[C@H]2[C@H](C)C1=O. The molecule has 9 fully saturated rings. The number of carbonyl (C=O) groups excluding carboxylic acids is 4.